The maximum Gasteiger partial charge on any atom is 0.224 e. The van der Waals surface area contributed by atoms with Gasteiger partial charge in [-0.3, -0.25) is 4.79 Å². The lowest BCUT2D eigenvalue weighted by Gasteiger charge is -2.08. The minimum Gasteiger partial charge on any atom is -0.326 e. The van der Waals surface area contributed by atoms with Crippen molar-refractivity contribution in [1.82, 2.24) is 5.32 Å². The number of carbonyl (C=O) groups is 1. The summed E-state index contributed by atoms with van der Waals surface area (Å²) in [4.78, 5) is 12.0. The van der Waals surface area contributed by atoms with Gasteiger partial charge < -0.3 is 10.6 Å². The molecule has 0 aliphatic carbocycles. The Morgan fingerprint density at radius 2 is 1.76 bits per heavy atom. The van der Waals surface area contributed by atoms with Crippen molar-refractivity contribution >= 4 is 11.6 Å². The third-order valence-corrected chi connectivity index (χ3v) is 3.50. The predicted molar refractivity (Wildman–Crippen MR) is 87.3 cm³/mol. The highest BCUT2D eigenvalue weighted by Gasteiger charge is 2.04. The molecule has 110 valence electrons. The molecule has 1 amide bonds. The number of amides is 1. The molecule has 0 aliphatic rings. The van der Waals surface area contributed by atoms with E-state index in [4.69, 9.17) is 0 Å². The minimum absolute atomic E-state index is 0.0552. The van der Waals surface area contributed by atoms with E-state index in [0.717, 1.165) is 18.7 Å². The number of nitrogens with one attached hydrogen (secondary N) is 2. The zero-order valence-corrected chi connectivity index (χ0v) is 12.6. The Kier molecular flexibility index (Phi) is 5.52. The molecule has 2 N–H and O–H groups in total. The normalized spacial score (nSPS) is 10.4. The number of carbonyl (C=O) groups excluding carboxylic acids is 1. The second kappa shape index (κ2) is 7.60. The molecule has 0 fully saturated rings. The average Bonchev–Trinajstić information content (AvgIpc) is 2.49. The van der Waals surface area contributed by atoms with Gasteiger partial charge in [-0.05, 0) is 49.2 Å². The Morgan fingerprint density at radius 1 is 1.05 bits per heavy atom. The highest BCUT2D eigenvalue weighted by Crippen LogP contribution is 2.12. The van der Waals surface area contributed by atoms with Gasteiger partial charge in [-0.2, -0.15) is 0 Å². The van der Waals surface area contributed by atoms with Crippen LogP contribution >= 0.6 is 0 Å². The molecule has 2 aromatic carbocycles. The van der Waals surface area contributed by atoms with Crippen molar-refractivity contribution in [3.05, 3.63) is 65.2 Å². The number of hydrogen-bond acceptors (Lipinski definition) is 2. The van der Waals surface area contributed by atoms with E-state index >= 15 is 0 Å². The molecule has 3 heteroatoms. The first-order valence-corrected chi connectivity index (χ1v) is 7.27. The molecule has 0 aromatic heterocycles. The SMILES string of the molecule is CNCc1ccc(NC(=O)CCc2ccccc2C)cc1. The summed E-state index contributed by atoms with van der Waals surface area (Å²) in [6.45, 7) is 2.91. The summed E-state index contributed by atoms with van der Waals surface area (Å²) in [5.41, 5.74) is 4.53. The van der Waals surface area contributed by atoms with Gasteiger partial charge in [-0.25, -0.2) is 0 Å². The molecule has 0 saturated carbocycles. The van der Waals surface area contributed by atoms with Crippen LogP contribution in [0.2, 0.25) is 0 Å². The number of hydrogen-bond donors (Lipinski definition) is 2. The smallest absolute Gasteiger partial charge is 0.224 e. The molecule has 0 bridgehead atoms. The van der Waals surface area contributed by atoms with Crippen molar-refractivity contribution < 1.29 is 4.79 Å². The van der Waals surface area contributed by atoms with Crippen LogP contribution in [0.1, 0.15) is 23.1 Å². The van der Waals surface area contributed by atoms with Crippen LogP contribution < -0.4 is 10.6 Å². The molecule has 21 heavy (non-hydrogen) atoms. The van der Waals surface area contributed by atoms with E-state index in [0.29, 0.717) is 6.42 Å². The second-order valence-electron chi connectivity index (χ2n) is 5.20. The van der Waals surface area contributed by atoms with Crippen molar-refractivity contribution in [3.8, 4) is 0 Å². The van der Waals surface area contributed by atoms with Crippen molar-refractivity contribution in [1.29, 1.82) is 0 Å². The first-order chi connectivity index (χ1) is 10.2. The van der Waals surface area contributed by atoms with Crippen LogP contribution in [0.15, 0.2) is 48.5 Å². The minimum atomic E-state index is 0.0552. The standard InChI is InChI=1S/C18H22N2O/c1-14-5-3-4-6-16(14)9-12-18(21)20-17-10-7-15(8-11-17)13-19-2/h3-8,10-11,19H,9,12-13H2,1-2H3,(H,20,21). The molecule has 0 aliphatic heterocycles. The highest BCUT2D eigenvalue weighted by molar-refractivity contribution is 5.90. The topological polar surface area (TPSA) is 41.1 Å². The number of rotatable bonds is 6. The Morgan fingerprint density at radius 3 is 2.43 bits per heavy atom. The summed E-state index contributed by atoms with van der Waals surface area (Å²) in [5.74, 6) is 0.0552. The molecule has 0 spiro atoms. The van der Waals surface area contributed by atoms with Crippen molar-refractivity contribution in [3.63, 3.8) is 0 Å². The van der Waals surface area contributed by atoms with Gasteiger partial charge in [0.2, 0.25) is 5.91 Å². The van der Waals surface area contributed by atoms with Crippen LogP contribution in [0.3, 0.4) is 0 Å². The Hall–Kier alpha value is -2.13. The quantitative estimate of drug-likeness (QED) is 0.853. The summed E-state index contributed by atoms with van der Waals surface area (Å²) in [6, 6.07) is 16.1. The number of benzene rings is 2. The lowest BCUT2D eigenvalue weighted by atomic mass is 10.0. The summed E-state index contributed by atoms with van der Waals surface area (Å²) in [5, 5.41) is 6.04. The summed E-state index contributed by atoms with van der Waals surface area (Å²) in [6.07, 6.45) is 1.28. The van der Waals surface area contributed by atoms with Gasteiger partial charge in [0.15, 0.2) is 0 Å². The fourth-order valence-electron chi connectivity index (χ4n) is 2.27. The van der Waals surface area contributed by atoms with Gasteiger partial charge in [0, 0.05) is 18.7 Å². The number of anilines is 1. The van der Waals surface area contributed by atoms with E-state index in [-0.39, 0.29) is 5.91 Å². The van der Waals surface area contributed by atoms with E-state index in [2.05, 4.69) is 29.7 Å². The third kappa shape index (κ3) is 4.72. The lowest BCUT2D eigenvalue weighted by Crippen LogP contribution is -2.12. The maximum atomic E-state index is 12.0. The van der Waals surface area contributed by atoms with Crippen molar-refractivity contribution in [2.45, 2.75) is 26.3 Å². The largest absolute Gasteiger partial charge is 0.326 e. The van der Waals surface area contributed by atoms with Crippen LogP contribution in [-0.2, 0) is 17.8 Å². The molecule has 2 aromatic rings. The molecule has 0 radical (unpaired) electrons. The van der Waals surface area contributed by atoms with Gasteiger partial charge in [-0.1, -0.05) is 36.4 Å². The van der Waals surface area contributed by atoms with Gasteiger partial charge in [0.1, 0.15) is 0 Å². The summed E-state index contributed by atoms with van der Waals surface area (Å²) >= 11 is 0. The molecule has 0 heterocycles. The summed E-state index contributed by atoms with van der Waals surface area (Å²) < 4.78 is 0. The van der Waals surface area contributed by atoms with E-state index < -0.39 is 0 Å². The zero-order chi connectivity index (χ0) is 15.1. The van der Waals surface area contributed by atoms with E-state index in [1.807, 2.05) is 43.4 Å². The van der Waals surface area contributed by atoms with Crippen molar-refractivity contribution in [2.24, 2.45) is 0 Å². The lowest BCUT2D eigenvalue weighted by molar-refractivity contribution is -0.116. The van der Waals surface area contributed by atoms with Gasteiger partial charge in [0.05, 0.1) is 0 Å². The zero-order valence-electron chi connectivity index (χ0n) is 12.6. The van der Waals surface area contributed by atoms with Crippen LogP contribution in [0.4, 0.5) is 5.69 Å². The van der Waals surface area contributed by atoms with Crippen LogP contribution in [0, 0.1) is 6.92 Å². The molecular formula is C18H22N2O. The molecular weight excluding hydrogens is 260 g/mol. The van der Waals surface area contributed by atoms with Gasteiger partial charge in [-0.15, -0.1) is 0 Å². The maximum absolute atomic E-state index is 12.0. The Bertz CT molecular complexity index is 590. The van der Waals surface area contributed by atoms with Crippen LogP contribution in [-0.4, -0.2) is 13.0 Å². The first kappa shape index (κ1) is 15.3. The van der Waals surface area contributed by atoms with Crippen molar-refractivity contribution in [2.75, 3.05) is 12.4 Å². The van der Waals surface area contributed by atoms with E-state index in [1.165, 1.54) is 16.7 Å². The van der Waals surface area contributed by atoms with E-state index in [1.54, 1.807) is 0 Å². The molecule has 0 atom stereocenters. The number of aryl methyl sites for hydroxylation is 2. The summed E-state index contributed by atoms with van der Waals surface area (Å²) in [7, 11) is 1.92. The molecule has 0 saturated heterocycles. The second-order valence-corrected chi connectivity index (χ2v) is 5.20. The molecule has 2 rings (SSSR count). The molecule has 3 nitrogen and oxygen atoms in total. The fourth-order valence-corrected chi connectivity index (χ4v) is 2.27. The Balaban J connectivity index is 1.85. The average molecular weight is 282 g/mol. The molecule has 0 unspecified atom stereocenters. The van der Waals surface area contributed by atoms with E-state index in [9.17, 15) is 4.79 Å². The monoisotopic (exact) mass is 282 g/mol. The predicted octanol–water partition coefficient (Wildman–Crippen LogP) is 3.29. The van der Waals surface area contributed by atoms with Crippen LogP contribution in [0.25, 0.3) is 0 Å². The van der Waals surface area contributed by atoms with Gasteiger partial charge >= 0.3 is 0 Å². The van der Waals surface area contributed by atoms with Gasteiger partial charge in [0.25, 0.3) is 0 Å². The van der Waals surface area contributed by atoms with Crippen LogP contribution in [0.5, 0.6) is 0 Å². The fraction of sp³-hybridized carbons (Fsp3) is 0.278. The first-order valence-electron chi connectivity index (χ1n) is 7.27. The highest BCUT2D eigenvalue weighted by atomic mass is 16.1. The third-order valence-electron chi connectivity index (χ3n) is 3.50. The Labute approximate surface area is 126 Å².